The van der Waals surface area contributed by atoms with Gasteiger partial charge in [0.2, 0.25) is 5.88 Å². The SMILES string of the molecule is N#Cc1cccc(COc2nc(Cl)ccc2CO)c1. The van der Waals surface area contributed by atoms with E-state index in [0.29, 0.717) is 22.2 Å². The van der Waals surface area contributed by atoms with E-state index in [9.17, 15) is 5.11 Å². The molecule has 0 fully saturated rings. The second kappa shape index (κ2) is 6.19. The molecule has 5 heteroatoms. The van der Waals surface area contributed by atoms with Crippen LogP contribution < -0.4 is 4.74 Å². The molecule has 2 aromatic rings. The number of aliphatic hydroxyl groups is 1. The molecule has 0 bridgehead atoms. The van der Waals surface area contributed by atoms with Gasteiger partial charge in [-0.2, -0.15) is 5.26 Å². The minimum atomic E-state index is -0.169. The smallest absolute Gasteiger partial charge is 0.220 e. The van der Waals surface area contributed by atoms with Crippen molar-refractivity contribution in [3.05, 3.63) is 58.2 Å². The Kier molecular flexibility index (Phi) is 4.35. The van der Waals surface area contributed by atoms with E-state index in [1.165, 1.54) is 0 Å². The van der Waals surface area contributed by atoms with Crippen molar-refractivity contribution in [3.8, 4) is 11.9 Å². The lowest BCUT2D eigenvalue weighted by Gasteiger charge is -2.09. The number of ether oxygens (including phenoxy) is 1. The minimum absolute atomic E-state index is 0.169. The van der Waals surface area contributed by atoms with E-state index in [2.05, 4.69) is 11.1 Å². The number of benzene rings is 1. The Labute approximate surface area is 115 Å². The summed E-state index contributed by atoms with van der Waals surface area (Å²) in [6, 6.07) is 12.4. The van der Waals surface area contributed by atoms with Crippen LogP contribution in [0.25, 0.3) is 0 Å². The third-order valence-electron chi connectivity index (χ3n) is 2.51. The second-order valence-electron chi connectivity index (χ2n) is 3.86. The molecule has 0 aliphatic heterocycles. The molecule has 0 aliphatic rings. The summed E-state index contributed by atoms with van der Waals surface area (Å²) in [4.78, 5) is 4.02. The predicted molar refractivity (Wildman–Crippen MR) is 70.7 cm³/mol. The zero-order chi connectivity index (χ0) is 13.7. The first-order valence-electron chi connectivity index (χ1n) is 5.61. The van der Waals surface area contributed by atoms with Gasteiger partial charge in [0.05, 0.1) is 18.2 Å². The first kappa shape index (κ1) is 13.3. The summed E-state index contributed by atoms with van der Waals surface area (Å²) in [6.07, 6.45) is 0. The zero-order valence-electron chi connectivity index (χ0n) is 10.0. The zero-order valence-corrected chi connectivity index (χ0v) is 10.8. The first-order valence-corrected chi connectivity index (χ1v) is 5.99. The van der Waals surface area contributed by atoms with Gasteiger partial charge in [-0.3, -0.25) is 0 Å². The van der Waals surface area contributed by atoms with Crippen molar-refractivity contribution >= 4 is 11.6 Å². The van der Waals surface area contributed by atoms with E-state index in [0.717, 1.165) is 5.56 Å². The Hall–Kier alpha value is -2.09. The van der Waals surface area contributed by atoms with Crippen LogP contribution in [0.15, 0.2) is 36.4 Å². The number of hydrogen-bond donors (Lipinski definition) is 1. The van der Waals surface area contributed by atoms with Crippen LogP contribution >= 0.6 is 11.6 Å². The molecule has 0 unspecified atom stereocenters. The first-order chi connectivity index (χ1) is 9.22. The topological polar surface area (TPSA) is 66.1 Å². The van der Waals surface area contributed by atoms with Crippen LogP contribution in [0.3, 0.4) is 0 Å². The summed E-state index contributed by atoms with van der Waals surface area (Å²) < 4.78 is 5.53. The molecule has 2 rings (SSSR count). The molecule has 0 aliphatic carbocycles. The number of nitriles is 1. The molecule has 1 heterocycles. The quantitative estimate of drug-likeness (QED) is 0.871. The Morgan fingerprint density at radius 2 is 2.16 bits per heavy atom. The fourth-order valence-electron chi connectivity index (χ4n) is 1.57. The van der Waals surface area contributed by atoms with Gasteiger partial charge in [-0.15, -0.1) is 0 Å². The summed E-state index contributed by atoms with van der Waals surface area (Å²) >= 11 is 5.79. The lowest BCUT2D eigenvalue weighted by atomic mass is 10.1. The molecule has 1 N–H and O–H groups in total. The second-order valence-corrected chi connectivity index (χ2v) is 4.24. The molecule has 1 aromatic carbocycles. The van der Waals surface area contributed by atoms with Crippen molar-refractivity contribution in [2.45, 2.75) is 13.2 Å². The van der Waals surface area contributed by atoms with Crippen LogP contribution in [0.4, 0.5) is 0 Å². The normalized spacial score (nSPS) is 9.95. The molecular formula is C14H11ClN2O2. The van der Waals surface area contributed by atoms with Crippen molar-refractivity contribution < 1.29 is 9.84 Å². The van der Waals surface area contributed by atoms with Gasteiger partial charge in [0, 0.05) is 5.56 Å². The van der Waals surface area contributed by atoms with E-state index in [1.807, 2.05) is 6.07 Å². The minimum Gasteiger partial charge on any atom is -0.472 e. The summed E-state index contributed by atoms with van der Waals surface area (Å²) in [5.74, 6) is 0.303. The van der Waals surface area contributed by atoms with Crippen LogP contribution in [0.2, 0.25) is 5.15 Å². The fourth-order valence-corrected chi connectivity index (χ4v) is 1.71. The molecule has 19 heavy (non-hydrogen) atoms. The predicted octanol–water partition coefficient (Wildman–Crippen LogP) is 2.68. The van der Waals surface area contributed by atoms with Gasteiger partial charge < -0.3 is 9.84 Å². The number of rotatable bonds is 4. The monoisotopic (exact) mass is 274 g/mol. The molecule has 96 valence electrons. The molecule has 4 nitrogen and oxygen atoms in total. The van der Waals surface area contributed by atoms with Crippen molar-refractivity contribution in [2.24, 2.45) is 0 Å². The van der Waals surface area contributed by atoms with Crippen LogP contribution in [0.5, 0.6) is 5.88 Å². The summed E-state index contributed by atoms with van der Waals surface area (Å²) in [5.41, 5.74) is 1.99. The number of aromatic nitrogens is 1. The van der Waals surface area contributed by atoms with Gasteiger partial charge in [-0.25, -0.2) is 4.98 Å². The Morgan fingerprint density at radius 1 is 1.32 bits per heavy atom. The van der Waals surface area contributed by atoms with Crippen LogP contribution in [-0.4, -0.2) is 10.1 Å². The Bertz CT molecular complexity index is 623. The molecule has 0 radical (unpaired) electrons. The highest BCUT2D eigenvalue weighted by Gasteiger charge is 2.06. The largest absolute Gasteiger partial charge is 0.472 e. The number of halogens is 1. The fraction of sp³-hybridized carbons (Fsp3) is 0.143. The lowest BCUT2D eigenvalue weighted by molar-refractivity contribution is 0.253. The summed E-state index contributed by atoms with van der Waals surface area (Å²) in [5, 5.41) is 18.3. The average Bonchev–Trinajstić information content (AvgIpc) is 2.45. The number of pyridine rings is 1. The van der Waals surface area contributed by atoms with Crippen LogP contribution in [-0.2, 0) is 13.2 Å². The molecule has 0 spiro atoms. The van der Waals surface area contributed by atoms with E-state index in [1.54, 1.807) is 30.3 Å². The van der Waals surface area contributed by atoms with E-state index >= 15 is 0 Å². The third kappa shape index (κ3) is 3.44. The Morgan fingerprint density at radius 3 is 2.89 bits per heavy atom. The average molecular weight is 275 g/mol. The van der Waals surface area contributed by atoms with Crippen molar-refractivity contribution in [2.75, 3.05) is 0 Å². The molecule has 0 atom stereocenters. The van der Waals surface area contributed by atoms with E-state index in [-0.39, 0.29) is 13.2 Å². The van der Waals surface area contributed by atoms with Crippen LogP contribution in [0.1, 0.15) is 16.7 Å². The van der Waals surface area contributed by atoms with Gasteiger partial charge in [0.15, 0.2) is 0 Å². The van der Waals surface area contributed by atoms with Gasteiger partial charge in [0.1, 0.15) is 11.8 Å². The van der Waals surface area contributed by atoms with Crippen LogP contribution in [0, 0.1) is 11.3 Å². The highest BCUT2D eigenvalue weighted by molar-refractivity contribution is 6.29. The highest BCUT2D eigenvalue weighted by atomic mass is 35.5. The molecular weight excluding hydrogens is 264 g/mol. The molecule has 0 saturated heterocycles. The van der Waals surface area contributed by atoms with Gasteiger partial charge in [-0.05, 0) is 29.8 Å². The number of aliphatic hydroxyl groups excluding tert-OH is 1. The van der Waals surface area contributed by atoms with Gasteiger partial charge in [0.25, 0.3) is 0 Å². The summed E-state index contributed by atoms with van der Waals surface area (Å²) in [7, 11) is 0. The van der Waals surface area contributed by atoms with E-state index in [4.69, 9.17) is 21.6 Å². The Balaban J connectivity index is 2.14. The molecule has 1 aromatic heterocycles. The number of hydrogen-bond acceptors (Lipinski definition) is 4. The maximum Gasteiger partial charge on any atom is 0.220 e. The summed E-state index contributed by atoms with van der Waals surface area (Å²) in [6.45, 7) is 0.0909. The third-order valence-corrected chi connectivity index (χ3v) is 2.72. The van der Waals surface area contributed by atoms with Crippen molar-refractivity contribution in [3.63, 3.8) is 0 Å². The highest BCUT2D eigenvalue weighted by Crippen LogP contribution is 2.20. The van der Waals surface area contributed by atoms with E-state index < -0.39 is 0 Å². The maximum atomic E-state index is 9.18. The molecule has 0 amide bonds. The lowest BCUT2D eigenvalue weighted by Crippen LogP contribution is -2.01. The molecule has 0 saturated carbocycles. The van der Waals surface area contributed by atoms with Gasteiger partial charge in [-0.1, -0.05) is 23.7 Å². The van der Waals surface area contributed by atoms with Gasteiger partial charge >= 0.3 is 0 Å². The van der Waals surface area contributed by atoms with Crippen molar-refractivity contribution in [1.29, 1.82) is 5.26 Å². The maximum absolute atomic E-state index is 9.18. The van der Waals surface area contributed by atoms with Crippen molar-refractivity contribution in [1.82, 2.24) is 4.98 Å². The standard InChI is InChI=1S/C14H11ClN2O2/c15-13-5-4-12(8-18)14(17-13)19-9-11-3-1-2-10(6-11)7-16/h1-6,18H,8-9H2. The number of nitrogens with zero attached hydrogens (tertiary/aromatic N) is 2.